The fraction of sp³-hybridized carbons (Fsp3) is 0.0417. The van der Waals surface area contributed by atoms with Gasteiger partial charge in [-0.2, -0.15) is 18.3 Å². The van der Waals surface area contributed by atoms with Crippen molar-refractivity contribution < 1.29 is 31.2 Å². The molecule has 4 N–H and O–H groups in total. The highest BCUT2D eigenvalue weighted by molar-refractivity contribution is 7.89. The average molecular weight is 530 g/mol. The Hall–Kier alpha value is -4.49. The lowest BCUT2D eigenvalue weighted by molar-refractivity contribution is -0.137. The summed E-state index contributed by atoms with van der Waals surface area (Å²) in [6.07, 6.45) is -4.63. The largest absolute Gasteiger partial charge is 0.416 e. The van der Waals surface area contributed by atoms with Crippen LogP contribution < -0.4 is 16.0 Å². The monoisotopic (exact) mass is 529 g/mol. The number of carbonyl (C=O) groups excluding carboxylic acids is 2. The number of hydrazine groups is 1. The molecule has 4 aromatic rings. The molecule has 3 aromatic carbocycles. The van der Waals surface area contributed by atoms with Crippen molar-refractivity contribution in [3.63, 3.8) is 0 Å². The lowest BCUT2D eigenvalue weighted by Gasteiger charge is -2.09. The zero-order valence-corrected chi connectivity index (χ0v) is 19.5. The zero-order chi connectivity index (χ0) is 26.8. The van der Waals surface area contributed by atoms with Crippen LogP contribution in [0.5, 0.6) is 0 Å². The maximum atomic E-state index is 12.9. The molecule has 4 rings (SSSR count). The lowest BCUT2D eigenvalue weighted by Crippen LogP contribution is -2.41. The Morgan fingerprint density at radius 3 is 2.11 bits per heavy atom. The van der Waals surface area contributed by atoms with E-state index >= 15 is 0 Å². The Kier molecular flexibility index (Phi) is 6.83. The van der Waals surface area contributed by atoms with Gasteiger partial charge in [-0.1, -0.05) is 36.4 Å². The van der Waals surface area contributed by atoms with Gasteiger partial charge >= 0.3 is 6.18 Å². The van der Waals surface area contributed by atoms with E-state index in [2.05, 4.69) is 16.0 Å². The number of nitrogens with two attached hydrogens (primary N) is 1. The molecule has 9 nitrogen and oxygen atoms in total. The third-order valence-electron chi connectivity index (χ3n) is 5.16. The second-order valence-electron chi connectivity index (χ2n) is 7.72. The normalized spacial score (nSPS) is 11.7. The molecule has 37 heavy (non-hydrogen) atoms. The number of benzene rings is 3. The summed E-state index contributed by atoms with van der Waals surface area (Å²) in [6, 6.07) is 19.5. The van der Waals surface area contributed by atoms with Crippen molar-refractivity contribution in [2.75, 3.05) is 0 Å². The number of aromatic nitrogens is 2. The molecule has 0 spiro atoms. The van der Waals surface area contributed by atoms with Crippen LogP contribution in [0.1, 0.15) is 26.4 Å². The molecule has 1 heterocycles. The molecule has 0 unspecified atom stereocenters. The number of hydrogen-bond donors (Lipinski definition) is 3. The molecule has 0 saturated carbocycles. The summed E-state index contributed by atoms with van der Waals surface area (Å²) in [5.74, 6) is -1.79. The van der Waals surface area contributed by atoms with Crippen molar-refractivity contribution in [3.8, 4) is 16.9 Å². The molecule has 0 aliphatic carbocycles. The van der Waals surface area contributed by atoms with E-state index in [4.69, 9.17) is 5.14 Å². The Bertz CT molecular complexity index is 1570. The van der Waals surface area contributed by atoms with Crippen LogP contribution >= 0.6 is 0 Å². The van der Waals surface area contributed by atoms with E-state index in [1.807, 2.05) is 0 Å². The minimum atomic E-state index is -4.63. The third-order valence-corrected chi connectivity index (χ3v) is 6.09. The number of rotatable bonds is 5. The molecular formula is C24H18F3N5O4S. The van der Waals surface area contributed by atoms with E-state index < -0.39 is 33.6 Å². The van der Waals surface area contributed by atoms with E-state index in [0.29, 0.717) is 23.0 Å². The summed E-state index contributed by atoms with van der Waals surface area (Å²) in [6.45, 7) is 0. The number of amides is 2. The molecule has 2 amide bonds. The molecule has 0 atom stereocenters. The van der Waals surface area contributed by atoms with Crippen molar-refractivity contribution in [2.24, 2.45) is 5.14 Å². The van der Waals surface area contributed by atoms with Gasteiger partial charge in [0.25, 0.3) is 11.8 Å². The SMILES string of the molecule is NS(=O)(=O)c1ccc(-n2nc(C(=O)NNC(=O)c3cccc(C(F)(F)F)c3)cc2-c2ccccc2)cc1. The summed E-state index contributed by atoms with van der Waals surface area (Å²) in [5.41, 5.74) is 4.33. The van der Waals surface area contributed by atoms with Gasteiger partial charge in [0.1, 0.15) is 0 Å². The van der Waals surface area contributed by atoms with E-state index in [0.717, 1.165) is 12.1 Å². The first-order chi connectivity index (χ1) is 17.4. The van der Waals surface area contributed by atoms with Crippen molar-refractivity contribution in [3.05, 3.63) is 102 Å². The molecule has 0 fully saturated rings. The number of carbonyl (C=O) groups is 2. The Morgan fingerprint density at radius 1 is 0.838 bits per heavy atom. The molecule has 0 bridgehead atoms. The first-order valence-corrected chi connectivity index (χ1v) is 12.0. The van der Waals surface area contributed by atoms with Gasteiger partial charge in [-0.05, 0) is 48.5 Å². The van der Waals surface area contributed by atoms with Crippen LogP contribution in [0.15, 0.2) is 89.8 Å². The summed E-state index contributed by atoms with van der Waals surface area (Å²) in [4.78, 5) is 24.9. The number of sulfonamides is 1. The summed E-state index contributed by atoms with van der Waals surface area (Å²) >= 11 is 0. The Balaban J connectivity index is 1.60. The highest BCUT2D eigenvalue weighted by atomic mass is 32.2. The van der Waals surface area contributed by atoms with Gasteiger partial charge in [0.2, 0.25) is 10.0 Å². The highest BCUT2D eigenvalue weighted by Gasteiger charge is 2.31. The number of nitrogens with zero attached hydrogens (tertiary/aromatic N) is 2. The average Bonchev–Trinajstić information content (AvgIpc) is 3.32. The van der Waals surface area contributed by atoms with Gasteiger partial charge in [0, 0.05) is 11.1 Å². The fourth-order valence-corrected chi connectivity index (χ4v) is 3.88. The number of alkyl halides is 3. The van der Waals surface area contributed by atoms with E-state index in [9.17, 15) is 31.2 Å². The maximum Gasteiger partial charge on any atom is 0.416 e. The van der Waals surface area contributed by atoms with Crippen LogP contribution in [-0.4, -0.2) is 30.0 Å². The van der Waals surface area contributed by atoms with Crippen LogP contribution in [0, 0.1) is 0 Å². The predicted octanol–water partition coefficient (Wildman–Crippen LogP) is 3.28. The summed E-state index contributed by atoms with van der Waals surface area (Å²) in [5, 5.41) is 9.42. The third kappa shape index (κ3) is 5.85. The zero-order valence-electron chi connectivity index (χ0n) is 18.7. The minimum Gasteiger partial charge on any atom is -0.267 e. The second kappa shape index (κ2) is 9.87. The van der Waals surface area contributed by atoms with E-state index in [-0.39, 0.29) is 16.2 Å². The second-order valence-corrected chi connectivity index (χ2v) is 9.28. The predicted molar refractivity (Wildman–Crippen MR) is 127 cm³/mol. The van der Waals surface area contributed by atoms with E-state index in [1.54, 1.807) is 30.3 Å². The van der Waals surface area contributed by atoms with Crippen LogP contribution in [0.2, 0.25) is 0 Å². The maximum absolute atomic E-state index is 12.9. The topological polar surface area (TPSA) is 136 Å². The number of halogens is 3. The van der Waals surface area contributed by atoms with Crippen LogP contribution in [0.4, 0.5) is 13.2 Å². The van der Waals surface area contributed by atoms with Gasteiger partial charge < -0.3 is 0 Å². The molecule has 13 heteroatoms. The van der Waals surface area contributed by atoms with Gasteiger partial charge in [-0.15, -0.1) is 0 Å². The van der Waals surface area contributed by atoms with Gasteiger partial charge in [-0.3, -0.25) is 20.4 Å². The fourth-order valence-electron chi connectivity index (χ4n) is 3.37. The van der Waals surface area contributed by atoms with Crippen molar-refractivity contribution in [2.45, 2.75) is 11.1 Å². The quantitative estimate of drug-likeness (QED) is 0.341. The molecule has 0 saturated heterocycles. The molecular weight excluding hydrogens is 511 g/mol. The highest BCUT2D eigenvalue weighted by Crippen LogP contribution is 2.29. The molecule has 0 aliphatic heterocycles. The van der Waals surface area contributed by atoms with Gasteiger partial charge in [0.15, 0.2) is 5.69 Å². The van der Waals surface area contributed by atoms with Crippen molar-refractivity contribution >= 4 is 21.8 Å². The van der Waals surface area contributed by atoms with Gasteiger partial charge in [-0.25, -0.2) is 18.2 Å². The van der Waals surface area contributed by atoms with E-state index in [1.165, 1.54) is 41.1 Å². The first kappa shape index (κ1) is 25.6. The van der Waals surface area contributed by atoms with Crippen molar-refractivity contribution in [1.29, 1.82) is 0 Å². The molecule has 0 radical (unpaired) electrons. The number of hydrogen-bond acceptors (Lipinski definition) is 5. The first-order valence-electron chi connectivity index (χ1n) is 10.5. The lowest BCUT2D eigenvalue weighted by atomic mass is 10.1. The molecule has 1 aromatic heterocycles. The molecule has 190 valence electrons. The van der Waals surface area contributed by atoms with Crippen molar-refractivity contribution in [1.82, 2.24) is 20.6 Å². The summed E-state index contributed by atoms with van der Waals surface area (Å²) in [7, 11) is -3.92. The van der Waals surface area contributed by atoms with Crippen LogP contribution in [0.25, 0.3) is 16.9 Å². The number of nitrogens with one attached hydrogen (secondary N) is 2. The van der Waals surface area contributed by atoms with Gasteiger partial charge in [0.05, 0.1) is 21.8 Å². The Morgan fingerprint density at radius 2 is 1.49 bits per heavy atom. The standard InChI is InChI=1S/C24H18F3N5O4S/c25-24(26,27)17-8-4-7-16(13-17)22(33)29-30-23(34)20-14-21(15-5-2-1-3-6-15)32(31-20)18-9-11-19(12-10-18)37(28,35)36/h1-14H,(H,29,33)(H,30,34)(H2,28,35,36). The number of primary sulfonamides is 1. The van der Waals surface area contributed by atoms with Crippen LogP contribution in [0.3, 0.4) is 0 Å². The smallest absolute Gasteiger partial charge is 0.267 e. The van der Waals surface area contributed by atoms with Crippen LogP contribution in [-0.2, 0) is 16.2 Å². The minimum absolute atomic E-state index is 0.111. The summed E-state index contributed by atoms with van der Waals surface area (Å²) < 4.78 is 63.3. The molecule has 0 aliphatic rings. The Labute approximate surface area is 208 Å².